The molecule has 4 nitrogen and oxygen atoms in total. The van der Waals surface area contributed by atoms with E-state index in [0.29, 0.717) is 11.4 Å². The second-order valence-corrected chi connectivity index (χ2v) is 7.57. The molecule has 0 heterocycles. The fourth-order valence-electron chi connectivity index (χ4n) is 2.91. The van der Waals surface area contributed by atoms with Gasteiger partial charge in [0.15, 0.2) is 0 Å². The quantitative estimate of drug-likeness (QED) is 0.895. The predicted octanol–water partition coefficient (Wildman–Crippen LogP) is 2.24. The molecule has 1 aliphatic carbocycles. The van der Waals surface area contributed by atoms with Gasteiger partial charge in [-0.2, -0.15) is 0 Å². The molecule has 0 spiro atoms. The number of aryl methyl sites for hydroxylation is 2. The molecule has 1 fully saturated rings. The van der Waals surface area contributed by atoms with Crippen molar-refractivity contribution in [1.82, 2.24) is 4.72 Å². The first-order valence-electron chi connectivity index (χ1n) is 7.20. The summed E-state index contributed by atoms with van der Waals surface area (Å²) in [6, 6.07) is 5.50. The van der Waals surface area contributed by atoms with Crippen LogP contribution >= 0.6 is 0 Å². The van der Waals surface area contributed by atoms with Crippen LogP contribution in [0.5, 0.6) is 0 Å². The Hall–Kier alpha value is -0.910. The minimum absolute atomic E-state index is 0.358. The number of rotatable bonds is 4. The molecule has 0 aromatic heterocycles. The predicted molar refractivity (Wildman–Crippen MR) is 81.1 cm³/mol. The highest BCUT2D eigenvalue weighted by atomic mass is 32.2. The van der Waals surface area contributed by atoms with E-state index in [0.717, 1.165) is 43.2 Å². The van der Waals surface area contributed by atoms with Crippen LogP contribution in [0.1, 0.15) is 43.2 Å². The normalized spacial score (nSPS) is 18.9. The smallest absolute Gasteiger partial charge is 0.241 e. The Kier molecular flexibility index (Phi) is 4.52. The average Bonchev–Trinajstić information content (AvgIpc) is 2.42. The summed E-state index contributed by atoms with van der Waals surface area (Å²) in [6.45, 7) is 4.08. The monoisotopic (exact) mass is 296 g/mol. The third kappa shape index (κ3) is 3.22. The van der Waals surface area contributed by atoms with Gasteiger partial charge in [-0.3, -0.25) is 0 Å². The zero-order valence-corrected chi connectivity index (χ0v) is 13.1. The van der Waals surface area contributed by atoms with Gasteiger partial charge in [-0.15, -0.1) is 0 Å². The van der Waals surface area contributed by atoms with E-state index in [9.17, 15) is 8.42 Å². The standard InChI is InChI=1S/C15H24N2O2S/c1-12-6-7-13(2)14(10-12)20(18,19)17-15(11-16)8-4-3-5-9-15/h6-7,10,17H,3-5,8-9,11,16H2,1-2H3. The Morgan fingerprint density at radius 3 is 2.45 bits per heavy atom. The van der Waals surface area contributed by atoms with Crippen LogP contribution in [0.4, 0.5) is 0 Å². The summed E-state index contributed by atoms with van der Waals surface area (Å²) in [5.74, 6) is 0. The molecule has 112 valence electrons. The number of sulfonamides is 1. The SMILES string of the molecule is Cc1ccc(C)c(S(=O)(=O)NC2(CN)CCCCC2)c1. The number of benzene rings is 1. The lowest BCUT2D eigenvalue weighted by Crippen LogP contribution is -2.54. The molecule has 0 amide bonds. The maximum Gasteiger partial charge on any atom is 0.241 e. The molecule has 1 saturated carbocycles. The largest absolute Gasteiger partial charge is 0.329 e. The van der Waals surface area contributed by atoms with Gasteiger partial charge in [0.1, 0.15) is 0 Å². The molecule has 0 saturated heterocycles. The highest BCUT2D eigenvalue weighted by Crippen LogP contribution is 2.29. The number of hydrogen-bond acceptors (Lipinski definition) is 3. The maximum absolute atomic E-state index is 12.7. The van der Waals surface area contributed by atoms with Crippen LogP contribution in [0.15, 0.2) is 23.1 Å². The Morgan fingerprint density at radius 1 is 1.20 bits per heavy atom. The first-order valence-corrected chi connectivity index (χ1v) is 8.68. The van der Waals surface area contributed by atoms with Gasteiger partial charge in [-0.05, 0) is 43.9 Å². The lowest BCUT2D eigenvalue weighted by atomic mass is 9.83. The summed E-state index contributed by atoms with van der Waals surface area (Å²) < 4.78 is 28.2. The van der Waals surface area contributed by atoms with Crippen LogP contribution in [0.2, 0.25) is 0 Å². The molecule has 3 N–H and O–H groups in total. The van der Waals surface area contributed by atoms with Crippen molar-refractivity contribution >= 4 is 10.0 Å². The van der Waals surface area contributed by atoms with Gasteiger partial charge in [0.25, 0.3) is 0 Å². The summed E-state index contributed by atoms with van der Waals surface area (Å²) >= 11 is 0. The van der Waals surface area contributed by atoms with Crippen molar-refractivity contribution in [2.75, 3.05) is 6.54 Å². The molecule has 0 bridgehead atoms. The van der Waals surface area contributed by atoms with Crippen LogP contribution in [0, 0.1) is 13.8 Å². The average molecular weight is 296 g/mol. The highest BCUT2D eigenvalue weighted by Gasteiger charge is 2.35. The van der Waals surface area contributed by atoms with Gasteiger partial charge in [-0.1, -0.05) is 31.4 Å². The van der Waals surface area contributed by atoms with E-state index in [1.54, 1.807) is 6.07 Å². The van der Waals surface area contributed by atoms with Crippen molar-refractivity contribution in [2.24, 2.45) is 5.73 Å². The molecule has 5 heteroatoms. The lowest BCUT2D eigenvalue weighted by molar-refractivity contribution is 0.276. The first kappa shape index (κ1) is 15.5. The molecule has 2 rings (SSSR count). The van der Waals surface area contributed by atoms with Gasteiger partial charge in [0, 0.05) is 12.1 Å². The Morgan fingerprint density at radius 2 is 1.85 bits per heavy atom. The zero-order chi connectivity index (χ0) is 14.8. The van der Waals surface area contributed by atoms with Crippen molar-refractivity contribution in [3.8, 4) is 0 Å². The minimum atomic E-state index is -3.51. The third-order valence-corrected chi connectivity index (χ3v) is 5.91. The molecule has 0 unspecified atom stereocenters. The fourth-order valence-corrected chi connectivity index (χ4v) is 4.71. The Labute approximate surface area is 121 Å². The van der Waals surface area contributed by atoms with Crippen molar-refractivity contribution in [3.63, 3.8) is 0 Å². The molecule has 0 aliphatic heterocycles. The van der Waals surface area contributed by atoms with Crippen molar-refractivity contribution < 1.29 is 8.42 Å². The molecule has 0 atom stereocenters. The number of hydrogen-bond donors (Lipinski definition) is 2. The topological polar surface area (TPSA) is 72.2 Å². The highest BCUT2D eigenvalue weighted by molar-refractivity contribution is 7.89. The van der Waals surface area contributed by atoms with E-state index < -0.39 is 15.6 Å². The number of nitrogens with one attached hydrogen (secondary N) is 1. The molecule has 0 radical (unpaired) electrons. The fraction of sp³-hybridized carbons (Fsp3) is 0.600. The van der Waals surface area contributed by atoms with Crippen LogP contribution in [0.25, 0.3) is 0 Å². The van der Waals surface area contributed by atoms with Crippen LogP contribution in [-0.4, -0.2) is 20.5 Å². The van der Waals surface area contributed by atoms with Gasteiger partial charge in [0.2, 0.25) is 10.0 Å². The van der Waals surface area contributed by atoms with E-state index in [2.05, 4.69) is 4.72 Å². The van der Waals surface area contributed by atoms with Gasteiger partial charge in [0.05, 0.1) is 4.90 Å². The summed E-state index contributed by atoms with van der Waals surface area (Å²) in [5.41, 5.74) is 7.11. The summed E-state index contributed by atoms with van der Waals surface area (Å²) in [4.78, 5) is 0.371. The Bertz CT molecular complexity index is 576. The molecule has 20 heavy (non-hydrogen) atoms. The van der Waals surface area contributed by atoms with Crippen LogP contribution in [0.3, 0.4) is 0 Å². The van der Waals surface area contributed by atoms with Gasteiger partial charge in [-0.25, -0.2) is 13.1 Å². The zero-order valence-electron chi connectivity index (χ0n) is 12.3. The van der Waals surface area contributed by atoms with Crippen molar-refractivity contribution in [3.05, 3.63) is 29.3 Å². The summed E-state index contributed by atoms with van der Waals surface area (Å²) in [6.07, 6.45) is 4.88. The van der Waals surface area contributed by atoms with Gasteiger partial charge >= 0.3 is 0 Å². The maximum atomic E-state index is 12.7. The van der Waals surface area contributed by atoms with E-state index >= 15 is 0 Å². The Balaban J connectivity index is 2.32. The van der Waals surface area contributed by atoms with Gasteiger partial charge < -0.3 is 5.73 Å². The molecular weight excluding hydrogens is 272 g/mol. The summed E-state index contributed by atoms with van der Waals surface area (Å²) in [7, 11) is -3.51. The lowest BCUT2D eigenvalue weighted by Gasteiger charge is -2.36. The number of nitrogens with two attached hydrogens (primary N) is 1. The first-order chi connectivity index (χ1) is 9.38. The van der Waals surface area contributed by atoms with E-state index in [-0.39, 0.29) is 0 Å². The summed E-state index contributed by atoms with van der Waals surface area (Å²) in [5, 5.41) is 0. The molecule has 1 aromatic rings. The van der Waals surface area contributed by atoms with E-state index in [1.807, 2.05) is 26.0 Å². The minimum Gasteiger partial charge on any atom is -0.329 e. The second kappa shape index (κ2) is 5.84. The second-order valence-electron chi connectivity index (χ2n) is 5.92. The van der Waals surface area contributed by atoms with Crippen LogP contribution < -0.4 is 10.5 Å². The van der Waals surface area contributed by atoms with Crippen LogP contribution in [-0.2, 0) is 10.0 Å². The van der Waals surface area contributed by atoms with Crippen molar-refractivity contribution in [2.45, 2.75) is 56.4 Å². The molecular formula is C15H24N2O2S. The van der Waals surface area contributed by atoms with E-state index in [4.69, 9.17) is 5.73 Å². The molecule has 1 aliphatic rings. The van der Waals surface area contributed by atoms with E-state index in [1.165, 1.54) is 0 Å². The van der Waals surface area contributed by atoms with Crippen molar-refractivity contribution in [1.29, 1.82) is 0 Å². The molecule has 1 aromatic carbocycles. The third-order valence-electron chi connectivity index (χ3n) is 4.19.